The Morgan fingerprint density at radius 1 is 0.710 bits per heavy atom. The second-order valence-electron chi connectivity index (χ2n) is 7.89. The highest BCUT2D eigenvalue weighted by atomic mass is 16.7. The minimum atomic E-state index is -0.464. The number of hydrogen-bond donors (Lipinski definition) is 0. The number of ether oxygens (including phenoxy) is 5. The van der Waals surface area contributed by atoms with Gasteiger partial charge in [0, 0.05) is 0 Å². The lowest BCUT2D eigenvalue weighted by molar-refractivity contribution is -0.217. The minimum Gasteiger partial charge on any atom is -0.496 e. The maximum absolute atomic E-state index is 6.23. The van der Waals surface area contributed by atoms with E-state index in [1.165, 1.54) is 0 Å². The van der Waals surface area contributed by atoms with Crippen LogP contribution in [0.3, 0.4) is 0 Å². The van der Waals surface area contributed by atoms with Crippen LogP contribution in [0, 0.1) is 0 Å². The van der Waals surface area contributed by atoms with Crippen LogP contribution in [0.25, 0.3) is 0 Å². The molecule has 6 atom stereocenters. The largest absolute Gasteiger partial charge is 0.496 e. The second-order valence-corrected chi connectivity index (χ2v) is 7.89. The molecule has 2 aromatic rings. The first-order valence-corrected chi connectivity index (χ1v) is 10.8. The van der Waals surface area contributed by atoms with Gasteiger partial charge in [-0.05, 0) is 37.1 Å². The van der Waals surface area contributed by atoms with Gasteiger partial charge in [-0.2, -0.15) is 0 Å². The lowest BCUT2D eigenvalue weighted by Gasteiger charge is -2.36. The van der Waals surface area contributed by atoms with Crippen LogP contribution in [0.1, 0.15) is 25.0 Å². The number of rotatable bonds is 8. The Hall–Kier alpha value is -2.44. The standard InChI is InChI=1S/C26H30O5/c1-19-23(28-17-21-9-5-3-6-10-21)13-14-25(30-19)31-24-15-16-27-20(2)26(24)29-18-22-11-7-4-8-12-22/h3-16,19-20,23-26H,17-18H2,1-2H3/t19-,20-,23-,24-,25+,26+/m0/s1. The predicted molar refractivity (Wildman–Crippen MR) is 118 cm³/mol. The van der Waals surface area contributed by atoms with Crippen LogP contribution in [0.5, 0.6) is 0 Å². The van der Waals surface area contributed by atoms with Crippen molar-refractivity contribution < 1.29 is 23.7 Å². The lowest BCUT2D eigenvalue weighted by Crippen LogP contribution is -2.45. The average molecular weight is 423 g/mol. The Labute approximate surface area is 184 Å². The molecule has 4 rings (SSSR count). The molecule has 2 heterocycles. The van der Waals surface area contributed by atoms with E-state index in [1.54, 1.807) is 6.26 Å². The van der Waals surface area contributed by atoms with E-state index < -0.39 is 6.29 Å². The molecule has 0 N–H and O–H groups in total. The van der Waals surface area contributed by atoms with Gasteiger partial charge in [0.05, 0.1) is 25.6 Å². The molecule has 0 amide bonds. The summed E-state index contributed by atoms with van der Waals surface area (Å²) in [6.07, 6.45) is 6.18. The molecule has 0 aromatic heterocycles. The third-order valence-electron chi connectivity index (χ3n) is 5.48. The van der Waals surface area contributed by atoms with Crippen LogP contribution in [-0.2, 0) is 36.9 Å². The van der Waals surface area contributed by atoms with E-state index >= 15 is 0 Å². The van der Waals surface area contributed by atoms with Gasteiger partial charge in [0.25, 0.3) is 0 Å². The first-order chi connectivity index (χ1) is 15.2. The average Bonchev–Trinajstić information content (AvgIpc) is 2.79. The summed E-state index contributed by atoms with van der Waals surface area (Å²) in [7, 11) is 0. The lowest BCUT2D eigenvalue weighted by atomic mass is 10.1. The zero-order chi connectivity index (χ0) is 21.5. The Kier molecular flexibility index (Phi) is 7.54. The minimum absolute atomic E-state index is 0.116. The summed E-state index contributed by atoms with van der Waals surface area (Å²) in [6.45, 7) is 5.04. The highest BCUT2D eigenvalue weighted by Gasteiger charge is 2.34. The zero-order valence-electron chi connectivity index (χ0n) is 18.0. The van der Waals surface area contributed by atoms with E-state index in [2.05, 4.69) is 12.1 Å². The van der Waals surface area contributed by atoms with Gasteiger partial charge in [0.15, 0.2) is 6.29 Å². The summed E-state index contributed by atoms with van der Waals surface area (Å²) in [6, 6.07) is 20.2. The smallest absolute Gasteiger partial charge is 0.178 e. The van der Waals surface area contributed by atoms with E-state index in [1.807, 2.05) is 80.6 Å². The van der Waals surface area contributed by atoms with Crippen LogP contribution >= 0.6 is 0 Å². The third-order valence-corrected chi connectivity index (χ3v) is 5.48. The van der Waals surface area contributed by atoms with Gasteiger partial charge >= 0.3 is 0 Å². The van der Waals surface area contributed by atoms with Crippen molar-refractivity contribution in [2.45, 2.75) is 63.9 Å². The van der Waals surface area contributed by atoms with Crippen molar-refractivity contribution >= 4 is 0 Å². The van der Waals surface area contributed by atoms with Crippen molar-refractivity contribution in [3.63, 3.8) is 0 Å². The molecule has 0 fully saturated rings. The van der Waals surface area contributed by atoms with E-state index in [0.29, 0.717) is 13.2 Å². The van der Waals surface area contributed by atoms with Gasteiger partial charge in [-0.15, -0.1) is 0 Å². The summed E-state index contributed by atoms with van der Waals surface area (Å²) in [5.41, 5.74) is 2.25. The first kappa shape index (κ1) is 21.8. The van der Waals surface area contributed by atoms with Crippen LogP contribution in [-0.4, -0.2) is 36.8 Å². The summed E-state index contributed by atoms with van der Waals surface area (Å²) < 4.78 is 30.1. The molecule has 5 heteroatoms. The van der Waals surface area contributed by atoms with Gasteiger partial charge in [0.1, 0.15) is 24.4 Å². The second kappa shape index (κ2) is 10.7. The maximum atomic E-state index is 6.23. The molecule has 0 spiro atoms. The molecule has 0 unspecified atom stereocenters. The molecule has 2 aliphatic heterocycles. The third kappa shape index (κ3) is 6.05. The predicted octanol–water partition coefficient (Wildman–Crippen LogP) is 4.78. The Morgan fingerprint density at radius 2 is 1.35 bits per heavy atom. The molecule has 0 bridgehead atoms. The molecule has 5 nitrogen and oxygen atoms in total. The Bertz CT molecular complexity index is 851. The van der Waals surface area contributed by atoms with Crippen LogP contribution in [0.15, 0.2) is 85.2 Å². The zero-order valence-corrected chi connectivity index (χ0v) is 18.0. The number of benzene rings is 2. The SMILES string of the molecule is C[C@@H]1OC=C[C@H](O[C@@H]2C=C[C@H](OCc3ccccc3)[C@H](C)O2)[C@@H]1OCc1ccccc1. The van der Waals surface area contributed by atoms with E-state index in [0.717, 1.165) is 11.1 Å². The molecule has 2 aliphatic rings. The Balaban J connectivity index is 1.32. The monoisotopic (exact) mass is 422 g/mol. The van der Waals surface area contributed by atoms with Gasteiger partial charge < -0.3 is 23.7 Å². The fraction of sp³-hybridized carbons (Fsp3) is 0.385. The molecule has 0 aliphatic carbocycles. The highest BCUT2D eigenvalue weighted by Crippen LogP contribution is 2.25. The quantitative estimate of drug-likeness (QED) is 0.573. The Morgan fingerprint density at radius 3 is 2.00 bits per heavy atom. The molecular formula is C26H30O5. The van der Waals surface area contributed by atoms with Gasteiger partial charge in [-0.25, -0.2) is 0 Å². The van der Waals surface area contributed by atoms with Crippen LogP contribution in [0.2, 0.25) is 0 Å². The van der Waals surface area contributed by atoms with Crippen molar-refractivity contribution in [2.24, 2.45) is 0 Å². The van der Waals surface area contributed by atoms with Crippen molar-refractivity contribution in [3.8, 4) is 0 Å². The van der Waals surface area contributed by atoms with E-state index in [4.69, 9.17) is 23.7 Å². The molecular weight excluding hydrogens is 392 g/mol. The van der Waals surface area contributed by atoms with Crippen molar-refractivity contribution in [3.05, 3.63) is 96.3 Å². The summed E-state index contributed by atoms with van der Waals surface area (Å²) in [4.78, 5) is 0. The first-order valence-electron chi connectivity index (χ1n) is 10.8. The molecule has 31 heavy (non-hydrogen) atoms. The molecule has 0 saturated heterocycles. The van der Waals surface area contributed by atoms with E-state index in [-0.39, 0.29) is 30.5 Å². The maximum Gasteiger partial charge on any atom is 0.178 e. The molecule has 164 valence electrons. The molecule has 0 saturated carbocycles. The van der Waals surface area contributed by atoms with Gasteiger partial charge in [0.2, 0.25) is 0 Å². The van der Waals surface area contributed by atoms with E-state index in [9.17, 15) is 0 Å². The van der Waals surface area contributed by atoms with Crippen LogP contribution in [0.4, 0.5) is 0 Å². The summed E-state index contributed by atoms with van der Waals surface area (Å²) >= 11 is 0. The van der Waals surface area contributed by atoms with Gasteiger partial charge in [-0.3, -0.25) is 0 Å². The van der Waals surface area contributed by atoms with Crippen molar-refractivity contribution in [1.82, 2.24) is 0 Å². The highest BCUT2D eigenvalue weighted by molar-refractivity contribution is 5.14. The van der Waals surface area contributed by atoms with Crippen LogP contribution < -0.4 is 0 Å². The van der Waals surface area contributed by atoms with Gasteiger partial charge in [-0.1, -0.05) is 66.7 Å². The van der Waals surface area contributed by atoms with Crippen molar-refractivity contribution in [1.29, 1.82) is 0 Å². The molecule has 2 aromatic carbocycles. The topological polar surface area (TPSA) is 46.2 Å². The molecule has 0 radical (unpaired) electrons. The number of hydrogen-bond acceptors (Lipinski definition) is 5. The fourth-order valence-corrected chi connectivity index (χ4v) is 3.70. The summed E-state index contributed by atoms with van der Waals surface area (Å²) in [5, 5.41) is 0. The normalized spacial score (nSPS) is 30.1. The van der Waals surface area contributed by atoms with Crippen molar-refractivity contribution in [2.75, 3.05) is 0 Å². The summed E-state index contributed by atoms with van der Waals surface area (Å²) in [5.74, 6) is 0. The fourth-order valence-electron chi connectivity index (χ4n) is 3.70.